The van der Waals surface area contributed by atoms with Crippen molar-refractivity contribution >= 4 is 17.3 Å². The van der Waals surface area contributed by atoms with E-state index in [1.807, 2.05) is 6.07 Å². The maximum Gasteiger partial charge on any atom is 0.310 e. The van der Waals surface area contributed by atoms with E-state index in [4.69, 9.17) is 4.42 Å². The molecule has 2 aromatic heterocycles. The summed E-state index contributed by atoms with van der Waals surface area (Å²) in [6.45, 7) is 0. The molecular formula is C25H18N4O5. The molecule has 2 aromatic carbocycles. The van der Waals surface area contributed by atoms with Crippen LogP contribution in [-0.4, -0.2) is 31.6 Å². The van der Waals surface area contributed by atoms with Crippen molar-refractivity contribution in [3.8, 4) is 17.1 Å². The molecule has 0 bridgehead atoms. The summed E-state index contributed by atoms with van der Waals surface area (Å²) in [7, 11) is 0. The van der Waals surface area contributed by atoms with E-state index in [-0.39, 0.29) is 17.2 Å². The lowest BCUT2D eigenvalue weighted by atomic mass is 9.98. The normalized spacial score (nSPS) is 15.2. The van der Waals surface area contributed by atoms with Crippen LogP contribution < -0.4 is 0 Å². The fraction of sp³-hybridized carbons (Fsp3) is 0.0800. The van der Waals surface area contributed by atoms with Gasteiger partial charge < -0.3 is 9.52 Å². The van der Waals surface area contributed by atoms with E-state index in [2.05, 4.69) is 10.1 Å². The van der Waals surface area contributed by atoms with Gasteiger partial charge >= 0.3 is 5.91 Å². The zero-order valence-electron chi connectivity index (χ0n) is 17.7. The van der Waals surface area contributed by atoms with Gasteiger partial charge in [-0.05, 0) is 36.4 Å². The third-order valence-corrected chi connectivity index (χ3v) is 5.59. The number of non-ortho nitro benzene ring substituents is 1. The number of phenols is 1. The second-order valence-electron chi connectivity index (χ2n) is 7.68. The number of benzene rings is 2. The van der Waals surface area contributed by atoms with Crippen molar-refractivity contribution in [1.29, 1.82) is 0 Å². The fourth-order valence-electron chi connectivity index (χ4n) is 3.89. The van der Waals surface area contributed by atoms with E-state index >= 15 is 0 Å². The van der Waals surface area contributed by atoms with E-state index in [0.29, 0.717) is 29.0 Å². The summed E-state index contributed by atoms with van der Waals surface area (Å²) in [5.74, 6) is 0.0530. The molecule has 9 heteroatoms. The van der Waals surface area contributed by atoms with Gasteiger partial charge in [0, 0.05) is 47.6 Å². The number of nitro groups is 1. The van der Waals surface area contributed by atoms with Gasteiger partial charge in [0.2, 0.25) is 0 Å². The molecule has 0 aliphatic carbocycles. The van der Waals surface area contributed by atoms with Gasteiger partial charge in [-0.1, -0.05) is 24.3 Å². The van der Waals surface area contributed by atoms with Crippen LogP contribution in [0.1, 0.15) is 34.1 Å². The highest BCUT2D eigenvalue weighted by Crippen LogP contribution is 2.38. The lowest BCUT2D eigenvalue weighted by Crippen LogP contribution is -2.26. The summed E-state index contributed by atoms with van der Waals surface area (Å²) in [4.78, 5) is 28.0. The molecule has 3 heterocycles. The number of nitro benzene ring substituents is 1. The highest BCUT2D eigenvalue weighted by molar-refractivity contribution is 6.04. The number of pyridine rings is 1. The number of para-hydroxylation sites is 1. The Bertz CT molecular complexity index is 1400. The number of hydrogen-bond donors (Lipinski definition) is 1. The largest absolute Gasteiger partial charge is 0.508 e. The van der Waals surface area contributed by atoms with Crippen LogP contribution in [0.25, 0.3) is 11.3 Å². The van der Waals surface area contributed by atoms with Gasteiger partial charge in [0.15, 0.2) is 5.76 Å². The minimum atomic E-state index is -0.531. The number of rotatable bonds is 5. The first-order valence-corrected chi connectivity index (χ1v) is 10.5. The zero-order valence-corrected chi connectivity index (χ0v) is 17.7. The molecule has 1 amide bonds. The van der Waals surface area contributed by atoms with Crippen LogP contribution in [0.2, 0.25) is 0 Å². The van der Waals surface area contributed by atoms with E-state index < -0.39 is 16.9 Å². The average molecular weight is 454 g/mol. The molecule has 4 aromatic rings. The number of amides is 1. The molecule has 0 saturated heterocycles. The minimum absolute atomic E-state index is 0.0357. The van der Waals surface area contributed by atoms with E-state index in [1.54, 1.807) is 67.0 Å². The van der Waals surface area contributed by atoms with Crippen LogP contribution in [0, 0.1) is 10.1 Å². The molecule has 5 rings (SSSR count). The molecule has 1 aliphatic heterocycles. The third-order valence-electron chi connectivity index (χ3n) is 5.59. The molecule has 0 spiro atoms. The Labute approximate surface area is 193 Å². The van der Waals surface area contributed by atoms with Crippen molar-refractivity contribution in [3.63, 3.8) is 0 Å². The van der Waals surface area contributed by atoms with Crippen LogP contribution in [-0.2, 0) is 0 Å². The van der Waals surface area contributed by atoms with Gasteiger partial charge in [0.05, 0.1) is 16.7 Å². The van der Waals surface area contributed by atoms with E-state index in [1.165, 1.54) is 17.1 Å². The lowest BCUT2D eigenvalue weighted by Gasteiger charge is -2.21. The minimum Gasteiger partial charge on any atom is -0.508 e. The standard InChI is InChI=1S/C25H18N4O5/c30-22-6-2-1-5-19(22)21-14-20(17-4-3-13-26-15-17)27-28(21)25(31)24-12-11-23(34-24)16-7-9-18(10-8-16)29(32)33/h1-13,15,21,30H,14H2. The second-order valence-corrected chi connectivity index (χ2v) is 7.68. The Balaban J connectivity index is 1.48. The predicted molar refractivity (Wildman–Crippen MR) is 123 cm³/mol. The number of aromatic nitrogens is 1. The van der Waals surface area contributed by atoms with Crippen molar-refractivity contribution < 1.29 is 19.2 Å². The zero-order chi connectivity index (χ0) is 23.7. The van der Waals surface area contributed by atoms with Crippen molar-refractivity contribution in [2.24, 2.45) is 5.10 Å². The topological polar surface area (TPSA) is 122 Å². The molecule has 0 saturated carbocycles. The Morgan fingerprint density at radius 1 is 1.03 bits per heavy atom. The number of furan rings is 1. The molecule has 0 fully saturated rings. The molecule has 1 N–H and O–H groups in total. The monoisotopic (exact) mass is 454 g/mol. The number of carbonyl (C=O) groups is 1. The van der Waals surface area contributed by atoms with Gasteiger partial charge in [-0.2, -0.15) is 5.10 Å². The number of nitrogens with zero attached hydrogens (tertiary/aromatic N) is 4. The first kappa shape index (κ1) is 21.1. The Kier molecular flexibility index (Phi) is 5.35. The lowest BCUT2D eigenvalue weighted by molar-refractivity contribution is -0.384. The van der Waals surface area contributed by atoms with E-state index in [0.717, 1.165) is 5.56 Å². The van der Waals surface area contributed by atoms with Gasteiger partial charge in [-0.3, -0.25) is 19.9 Å². The maximum absolute atomic E-state index is 13.4. The van der Waals surface area contributed by atoms with Gasteiger partial charge in [0.1, 0.15) is 11.5 Å². The summed E-state index contributed by atoms with van der Waals surface area (Å²) in [5, 5.41) is 27.2. The Hall–Kier alpha value is -4.79. The maximum atomic E-state index is 13.4. The van der Waals surface area contributed by atoms with Crippen molar-refractivity contribution in [2.75, 3.05) is 0 Å². The Morgan fingerprint density at radius 3 is 2.53 bits per heavy atom. The molecule has 1 aliphatic rings. The number of hydrogen-bond acceptors (Lipinski definition) is 7. The molecule has 1 unspecified atom stereocenters. The summed E-state index contributed by atoms with van der Waals surface area (Å²) in [6.07, 6.45) is 3.73. The Morgan fingerprint density at radius 2 is 1.82 bits per heavy atom. The number of hydrazone groups is 1. The molecule has 0 radical (unpaired) electrons. The van der Waals surface area contributed by atoms with Gasteiger partial charge in [0.25, 0.3) is 5.69 Å². The highest BCUT2D eigenvalue weighted by atomic mass is 16.6. The molecule has 1 atom stereocenters. The summed E-state index contributed by atoms with van der Waals surface area (Å²) >= 11 is 0. The highest BCUT2D eigenvalue weighted by Gasteiger charge is 2.36. The summed E-state index contributed by atoms with van der Waals surface area (Å²) in [5.41, 5.74) is 2.58. The molecular weight excluding hydrogens is 436 g/mol. The predicted octanol–water partition coefficient (Wildman–Crippen LogP) is 4.95. The number of phenolic OH excluding ortho intramolecular Hbond substituents is 1. The smallest absolute Gasteiger partial charge is 0.310 e. The summed E-state index contributed by atoms with van der Waals surface area (Å²) < 4.78 is 5.79. The fourth-order valence-corrected chi connectivity index (χ4v) is 3.89. The number of aromatic hydroxyl groups is 1. The SMILES string of the molecule is O=C(c1ccc(-c2ccc([N+](=O)[O-])cc2)o1)N1N=C(c2cccnc2)CC1c1ccccc1O. The quantitative estimate of drug-likeness (QED) is 0.336. The van der Waals surface area contributed by atoms with E-state index in [9.17, 15) is 20.0 Å². The summed E-state index contributed by atoms with van der Waals surface area (Å²) in [6, 6.07) is 19.0. The number of carbonyl (C=O) groups excluding carboxylic acids is 1. The van der Waals surface area contributed by atoms with Crippen LogP contribution >= 0.6 is 0 Å². The molecule has 9 nitrogen and oxygen atoms in total. The van der Waals surface area contributed by atoms with Crippen molar-refractivity contribution in [2.45, 2.75) is 12.5 Å². The average Bonchev–Trinajstić information content (AvgIpc) is 3.53. The third kappa shape index (κ3) is 3.90. The first-order valence-electron chi connectivity index (χ1n) is 10.5. The van der Waals surface area contributed by atoms with Gasteiger partial charge in [-0.25, -0.2) is 5.01 Å². The van der Waals surface area contributed by atoms with Crippen LogP contribution in [0.4, 0.5) is 5.69 Å². The van der Waals surface area contributed by atoms with Gasteiger partial charge in [-0.15, -0.1) is 0 Å². The van der Waals surface area contributed by atoms with Crippen molar-refractivity contribution in [3.05, 3.63) is 112 Å². The first-order chi connectivity index (χ1) is 16.5. The van der Waals surface area contributed by atoms with Crippen LogP contribution in [0.15, 0.2) is 94.7 Å². The van der Waals surface area contributed by atoms with Crippen molar-refractivity contribution in [1.82, 2.24) is 9.99 Å². The second kappa shape index (κ2) is 8.62. The molecule has 168 valence electrons. The van der Waals surface area contributed by atoms with Crippen LogP contribution in [0.3, 0.4) is 0 Å². The molecule has 34 heavy (non-hydrogen) atoms. The van der Waals surface area contributed by atoms with Crippen LogP contribution in [0.5, 0.6) is 5.75 Å².